The first-order valence-electron chi connectivity index (χ1n) is 5.76. The van der Waals surface area contributed by atoms with E-state index < -0.39 is 17.6 Å². The van der Waals surface area contributed by atoms with Crippen molar-refractivity contribution in [2.24, 2.45) is 4.99 Å². The number of alkyl halides is 3. The molecule has 0 spiro atoms. The third-order valence-corrected chi connectivity index (χ3v) is 2.89. The Kier molecular flexibility index (Phi) is 3.89. The number of amidine groups is 1. The van der Waals surface area contributed by atoms with Crippen LogP contribution in [-0.2, 0) is 11.0 Å². The summed E-state index contributed by atoms with van der Waals surface area (Å²) in [4.78, 5) is 15.7. The maximum absolute atomic E-state index is 12.9. The SMILES string of the molecule is CC1CN=C(C(=O)Nc2ccc(Cl)cc2C(F)(F)F)N1. The normalized spacial score (nSPS) is 18.4. The number of halogens is 4. The van der Waals surface area contributed by atoms with Crippen LogP contribution in [0.3, 0.4) is 0 Å². The van der Waals surface area contributed by atoms with Crippen molar-refractivity contribution in [1.82, 2.24) is 5.32 Å². The molecule has 2 rings (SSSR count). The van der Waals surface area contributed by atoms with E-state index in [1.807, 2.05) is 6.92 Å². The maximum Gasteiger partial charge on any atom is 0.418 e. The van der Waals surface area contributed by atoms with Crippen LogP contribution in [0, 0.1) is 0 Å². The van der Waals surface area contributed by atoms with Gasteiger partial charge in [0.2, 0.25) is 0 Å². The molecule has 0 saturated carbocycles. The highest BCUT2D eigenvalue weighted by molar-refractivity contribution is 6.42. The van der Waals surface area contributed by atoms with Gasteiger partial charge in [-0.1, -0.05) is 11.6 Å². The van der Waals surface area contributed by atoms with E-state index in [-0.39, 0.29) is 22.6 Å². The van der Waals surface area contributed by atoms with Crippen LogP contribution in [0.5, 0.6) is 0 Å². The van der Waals surface area contributed by atoms with E-state index in [0.717, 1.165) is 12.1 Å². The zero-order chi connectivity index (χ0) is 14.9. The number of carbonyl (C=O) groups is 1. The quantitative estimate of drug-likeness (QED) is 0.882. The molecular weight excluding hydrogens is 295 g/mol. The van der Waals surface area contributed by atoms with Crippen LogP contribution in [0.15, 0.2) is 23.2 Å². The first-order valence-corrected chi connectivity index (χ1v) is 6.14. The summed E-state index contributed by atoms with van der Waals surface area (Å²) in [6, 6.07) is 3.15. The van der Waals surface area contributed by atoms with Crippen LogP contribution < -0.4 is 10.6 Å². The number of nitrogens with one attached hydrogen (secondary N) is 2. The number of rotatable bonds is 2. The summed E-state index contributed by atoms with van der Waals surface area (Å²) in [5, 5.41) is 4.91. The minimum absolute atomic E-state index is 0.0111. The van der Waals surface area contributed by atoms with Crippen molar-refractivity contribution >= 4 is 29.0 Å². The number of nitrogens with zero attached hydrogens (tertiary/aromatic N) is 1. The monoisotopic (exact) mass is 305 g/mol. The van der Waals surface area contributed by atoms with Crippen molar-refractivity contribution in [2.45, 2.75) is 19.1 Å². The van der Waals surface area contributed by atoms with E-state index >= 15 is 0 Å². The summed E-state index contributed by atoms with van der Waals surface area (Å²) in [6.45, 7) is 2.22. The number of amides is 1. The molecule has 0 bridgehead atoms. The Morgan fingerprint density at radius 1 is 1.50 bits per heavy atom. The highest BCUT2D eigenvalue weighted by Gasteiger charge is 2.34. The fourth-order valence-corrected chi connectivity index (χ4v) is 1.90. The Morgan fingerprint density at radius 3 is 2.75 bits per heavy atom. The molecule has 1 amide bonds. The molecule has 0 fully saturated rings. The topological polar surface area (TPSA) is 53.5 Å². The second-order valence-electron chi connectivity index (χ2n) is 4.38. The summed E-state index contributed by atoms with van der Waals surface area (Å²) in [7, 11) is 0. The Hall–Kier alpha value is -1.76. The molecular formula is C12H11ClF3N3O. The highest BCUT2D eigenvalue weighted by Crippen LogP contribution is 2.36. The molecule has 1 aliphatic rings. The minimum Gasteiger partial charge on any atom is -0.361 e. The van der Waals surface area contributed by atoms with Gasteiger partial charge in [0.15, 0.2) is 5.84 Å². The van der Waals surface area contributed by atoms with Gasteiger partial charge >= 0.3 is 6.18 Å². The van der Waals surface area contributed by atoms with Crippen molar-refractivity contribution in [1.29, 1.82) is 0 Å². The molecule has 1 aromatic carbocycles. The first-order chi connectivity index (χ1) is 9.27. The molecule has 0 saturated heterocycles. The average Bonchev–Trinajstić information content (AvgIpc) is 2.77. The van der Waals surface area contributed by atoms with Crippen LogP contribution in [0.4, 0.5) is 18.9 Å². The summed E-state index contributed by atoms with van der Waals surface area (Å²) in [6.07, 6.45) is -4.61. The van der Waals surface area contributed by atoms with Gasteiger partial charge in [0.1, 0.15) is 0 Å². The summed E-state index contributed by atoms with van der Waals surface area (Å²) >= 11 is 5.56. The van der Waals surface area contributed by atoms with Gasteiger partial charge in [-0.3, -0.25) is 9.79 Å². The number of hydrogen-bond acceptors (Lipinski definition) is 3. The zero-order valence-electron chi connectivity index (χ0n) is 10.4. The molecule has 1 atom stereocenters. The Morgan fingerprint density at radius 2 is 2.20 bits per heavy atom. The molecule has 0 aliphatic carbocycles. The van der Waals surface area contributed by atoms with Crippen molar-refractivity contribution in [2.75, 3.05) is 11.9 Å². The number of hydrogen-bond donors (Lipinski definition) is 2. The van der Waals surface area contributed by atoms with Gasteiger partial charge in [-0.25, -0.2) is 0 Å². The van der Waals surface area contributed by atoms with Crippen LogP contribution in [-0.4, -0.2) is 24.3 Å². The van der Waals surface area contributed by atoms with Gasteiger partial charge in [-0.05, 0) is 25.1 Å². The summed E-state index contributed by atoms with van der Waals surface area (Å²) < 4.78 is 38.6. The van der Waals surface area contributed by atoms with Crippen LogP contribution in [0.1, 0.15) is 12.5 Å². The lowest BCUT2D eigenvalue weighted by atomic mass is 10.1. The second-order valence-corrected chi connectivity index (χ2v) is 4.81. The van der Waals surface area contributed by atoms with E-state index in [1.54, 1.807) is 0 Å². The molecule has 1 aliphatic heterocycles. The van der Waals surface area contributed by atoms with Gasteiger partial charge in [0.25, 0.3) is 5.91 Å². The second kappa shape index (κ2) is 5.32. The average molecular weight is 306 g/mol. The Balaban J connectivity index is 2.23. The van der Waals surface area contributed by atoms with Crippen LogP contribution in [0.2, 0.25) is 5.02 Å². The highest BCUT2D eigenvalue weighted by atomic mass is 35.5. The summed E-state index contributed by atoms with van der Waals surface area (Å²) in [5.74, 6) is -0.678. The fraction of sp³-hybridized carbons (Fsp3) is 0.333. The lowest BCUT2D eigenvalue weighted by Crippen LogP contribution is -2.36. The third kappa shape index (κ3) is 3.22. The van der Waals surface area contributed by atoms with Crippen molar-refractivity contribution in [3.05, 3.63) is 28.8 Å². The molecule has 0 radical (unpaired) electrons. The number of aliphatic imine (C=N–C) groups is 1. The summed E-state index contributed by atoms with van der Waals surface area (Å²) in [5.41, 5.74) is -1.35. The molecule has 1 unspecified atom stereocenters. The lowest BCUT2D eigenvalue weighted by molar-refractivity contribution is -0.136. The minimum atomic E-state index is -4.61. The van der Waals surface area contributed by atoms with E-state index in [2.05, 4.69) is 15.6 Å². The Labute approximate surface area is 118 Å². The van der Waals surface area contributed by atoms with E-state index in [9.17, 15) is 18.0 Å². The van der Waals surface area contributed by atoms with Gasteiger partial charge in [0, 0.05) is 11.1 Å². The molecule has 20 heavy (non-hydrogen) atoms. The van der Waals surface area contributed by atoms with Gasteiger partial charge < -0.3 is 10.6 Å². The van der Waals surface area contributed by atoms with Crippen molar-refractivity contribution < 1.29 is 18.0 Å². The number of anilines is 1. The molecule has 0 aromatic heterocycles. The predicted molar refractivity (Wildman–Crippen MR) is 70.0 cm³/mol. The number of carbonyl (C=O) groups excluding carboxylic acids is 1. The molecule has 8 heteroatoms. The van der Waals surface area contributed by atoms with Crippen molar-refractivity contribution in [3.8, 4) is 0 Å². The molecule has 2 N–H and O–H groups in total. The predicted octanol–water partition coefficient (Wildman–Crippen LogP) is 2.69. The van der Waals surface area contributed by atoms with E-state index in [0.29, 0.717) is 6.54 Å². The zero-order valence-corrected chi connectivity index (χ0v) is 11.1. The molecule has 1 heterocycles. The van der Waals surface area contributed by atoms with Gasteiger partial charge in [-0.2, -0.15) is 13.2 Å². The third-order valence-electron chi connectivity index (χ3n) is 2.66. The van der Waals surface area contributed by atoms with E-state index in [1.165, 1.54) is 6.07 Å². The van der Waals surface area contributed by atoms with Gasteiger partial charge in [-0.15, -0.1) is 0 Å². The van der Waals surface area contributed by atoms with Crippen LogP contribution in [0.25, 0.3) is 0 Å². The standard InChI is InChI=1S/C12H11ClF3N3O/c1-6-5-17-10(18-6)11(20)19-9-3-2-7(13)4-8(9)12(14,15)16/h2-4,6H,5H2,1H3,(H,17,18)(H,19,20). The number of benzene rings is 1. The van der Waals surface area contributed by atoms with E-state index in [4.69, 9.17) is 11.6 Å². The van der Waals surface area contributed by atoms with Crippen LogP contribution >= 0.6 is 11.6 Å². The smallest absolute Gasteiger partial charge is 0.361 e. The maximum atomic E-state index is 12.9. The largest absolute Gasteiger partial charge is 0.418 e. The van der Waals surface area contributed by atoms with Crippen molar-refractivity contribution in [3.63, 3.8) is 0 Å². The lowest BCUT2D eigenvalue weighted by Gasteiger charge is -2.14. The van der Waals surface area contributed by atoms with Gasteiger partial charge in [0.05, 0.1) is 17.8 Å². The first kappa shape index (κ1) is 14.6. The molecule has 1 aromatic rings. The fourth-order valence-electron chi connectivity index (χ4n) is 1.73. The molecule has 108 valence electrons. The Bertz CT molecular complexity index is 572. The molecule has 4 nitrogen and oxygen atoms in total.